The molecule has 7 nitrogen and oxygen atoms in total. The van der Waals surface area contributed by atoms with Crippen LogP contribution in [0.3, 0.4) is 0 Å². The molecule has 0 radical (unpaired) electrons. The Balaban J connectivity index is 1.37. The molecule has 1 saturated heterocycles. The van der Waals surface area contributed by atoms with Crippen LogP contribution < -0.4 is 5.32 Å². The number of nitrogens with one attached hydrogen (secondary N) is 2. The highest BCUT2D eigenvalue weighted by atomic mass is 16.5. The molecule has 4 rings (SSSR count). The van der Waals surface area contributed by atoms with Gasteiger partial charge in [-0.05, 0) is 58.1 Å². The monoisotopic (exact) mass is 381 g/mol. The van der Waals surface area contributed by atoms with E-state index in [1.54, 1.807) is 0 Å². The SMILES string of the molecule is Cc1noc(C)c1CCCNC(=O)N1CCCC1c1nc2c(C)cccc2[nH]1. The topological polar surface area (TPSA) is 87.1 Å². The van der Waals surface area contributed by atoms with Gasteiger partial charge in [0.15, 0.2) is 0 Å². The molecule has 1 unspecified atom stereocenters. The predicted octanol–water partition coefficient (Wildman–Crippen LogP) is 3.96. The van der Waals surface area contributed by atoms with Crippen LogP contribution >= 0.6 is 0 Å². The number of rotatable bonds is 5. The van der Waals surface area contributed by atoms with E-state index in [2.05, 4.69) is 28.4 Å². The van der Waals surface area contributed by atoms with E-state index in [9.17, 15) is 4.79 Å². The number of likely N-dealkylation sites (tertiary alicyclic amines) is 1. The second-order valence-corrected chi connectivity index (χ2v) is 7.58. The number of nitrogens with zero attached hydrogens (tertiary/aromatic N) is 3. The summed E-state index contributed by atoms with van der Waals surface area (Å²) in [5.74, 6) is 1.75. The van der Waals surface area contributed by atoms with E-state index >= 15 is 0 Å². The van der Waals surface area contributed by atoms with Crippen molar-refractivity contribution < 1.29 is 9.32 Å². The highest BCUT2D eigenvalue weighted by Crippen LogP contribution is 2.31. The summed E-state index contributed by atoms with van der Waals surface area (Å²) in [4.78, 5) is 22.8. The zero-order valence-corrected chi connectivity index (χ0v) is 16.7. The number of para-hydroxylation sites is 1. The number of hydrogen-bond donors (Lipinski definition) is 2. The standard InChI is InChI=1S/C21H27N5O2/c1-13-7-4-9-17-19(13)24-20(23-17)18-10-6-12-26(18)21(27)22-11-5-8-16-14(2)25-28-15(16)3/h4,7,9,18H,5-6,8,10-12H2,1-3H3,(H,22,27)(H,23,24). The van der Waals surface area contributed by atoms with Crippen molar-refractivity contribution in [3.8, 4) is 0 Å². The van der Waals surface area contributed by atoms with Crippen LogP contribution in [0.15, 0.2) is 22.7 Å². The minimum absolute atomic E-state index is 0.00867. The molecule has 148 valence electrons. The Kier molecular flexibility index (Phi) is 5.07. The maximum Gasteiger partial charge on any atom is 0.318 e. The lowest BCUT2D eigenvalue weighted by atomic mass is 10.1. The van der Waals surface area contributed by atoms with Gasteiger partial charge < -0.3 is 19.7 Å². The molecule has 1 aliphatic rings. The highest BCUT2D eigenvalue weighted by molar-refractivity contribution is 5.79. The van der Waals surface area contributed by atoms with Crippen molar-refractivity contribution in [2.45, 2.75) is 52.5 Å². The van der Waals surface area contributed by atoms with Gasteiger partial charge in [-0.15, -0.1) is 0 Å². The molecule has 2 aromatic heterocycles. The number of hydrogen-bond acceptors (Lipinski definition) is 4. The van der Waals surface area contributed by atoms with E-state index in [1.807, 2.05) is 30.9 Å². The lowest BCUT2D eigenvalue weighted by Crippen LogP contribution is -2.40. The summed E-state index contributed by atoms with van der Waals surface area (Å²) in [6.45, 7) is 7.33. The molecule has 3 aromatic rings. The number of aromatic nitrogens is 3. The zero-order chi connectivity index (χ0) is 19.7. The number of carbonyl (C=O) groups is 1. The van der Waals surface area contributed by atoms with Gasteiger partial charge >= 0.3 is 6.03 Å². The minimum atomic E-state index is -0.0153. The third-order valence-corrected chi connectivity index (χ3v) is 5.62. The van der Waals surface area contributed by atoms with Crippen molar-refractivity contribution >= 4 is 17.1 Å². The Morgan fingerprint density at radius 3 is 2.96 bits per heavy atom. The largest absolute Gasteiger partial charge is 0.361 e. The number of imidazole rings is 1. The normalized spacial score (nSPS) is 16.8. The van der Waals surface area contributed by atoms with Crippen molar-refractivity contribution in [3.63, 3.8) is 0 Å². The van der Waals surface area contributed by atoms with Crippen LogP contribution in [0.25, 0.3) is 11.0 Å². The van der Waals surface area contributed by atoms with Crippen LogP contribution in [0, 0.1) is 20.8 Å². The van der Waals surface area contributed by atoms with E-state index in [0.29, 0.717) is 6.54 Å². The summed E-state index contributed by atoms with van der Waals surface area (Å²) in [5.41, 5.74) is 5.24. The Morgan fingerprint density at radius 2 is 2.21 bits per heavy atom. The van der Waals surface area contributed by atoms with E-state index in [4.69, 9.17) is 9.51 Å². The third-order valence-electron chi connectivity index (χ3n) is 5.62. The summed E-state index contributed by atoms with van der Waals surface area (Å²) in [6.07, 6.45) is 3.64. The molecule has 1 fully saturated rings. The molecule has 2 amide bonds. The van der Waals surface area contributed by atoms with Crippen molar-refractivity contribution in [3.05, 3.63) is 46.6 Å². The minimum Gasteiger partial charge on any atom is -0.361 e. The van der Waals surface area contributed by atoms with E-state index in [-0.39, 0.29) is 12.1 Å². The second-order valence-electron chi connectivity index (χ2n) is 7.58. The fourth-order valence-corrected chi connectivity index (χ4v) is 4.07. The second kappa shape index (κ2) is 7.66. The summed E-state index contributed by atoms with van der Waals surface area (Å²) >= 11 is 0. The van der Waals surface area contributed by atoms with Crippen LogP contribution in [0.5, 0.6) is 0 Å². The molecule has 0 saturated carbocycles. The van der Waals surface area contributed by atoms with Crippen molar-refractivity contribution in [1.82, 2.24) is 25.3 Å². The third kappa shape index (κ3) is 3.48. The molecule has 0 bridgehead atoms. The number of urea groups is 1. The Bertz CT molecular complexity index is 971. The first-order valence-electron chi connectivity index (χ1n) is 9.96. The predicted molar refractivity (Wildman–Crippen MR) is 107 cm³/mol. The van der Waals surface area contributed by atoms with E-state index in [0.717, 1.165) is 71.7 Å². The van der Waals surface area contributed by atoms with Gasteiger partial charge in [-0.3, -0.25) is 0 Å². The molecule has 28 heavy (non-hydrogen) atoms. The average molecular weight is 381 g/mol. The number of aryl methyl sites for hydroxylation is 3. The van der Waals surface area contributed by atoms with Crippen LogP contribution in [0.2, 0.25) is 0 Å². The first-order valence-corrected chi connectivity index (χ1v) is 9.96. The molecule has 0 aliphatic carbocycles. The fraction of sp³-hybridized carbons (Fsp3) is 0.476. The maximum absolute atomic E-state index is 12.7. The van der Waals surface area contributed by atoms with Crippen molar-refractivity contribution in [1.29, 1.82) is 0 Å². The number of benzene rings is 1. The molecule has 0 spiro atoms. The molecule has 3 heterocycles. The van der Waals surface area contributed by atoms with Crippen LogP contribution in [-0.2, 0) is 6.42 Å². The molecule has 2 N–H and O–H groups in total. The van der Waals surface area contributed by atoms with Gasteiger partial charge in [0.25, 0.3) is 0 Å². The fourth-order valence-electron chi connectivity index (χ4n) is 4.07. The summed E-state index contributed by atoms with van der Waals surface area (Å²) < 4.78 is 5.20. The number of fused-ring (bicyclic) bond motifs is 1. The van der Waals surface area contributed by atoms with E-state index < -0.39 is 0 Å². The van der Waals surface area contributed by atoms with Gasteiger partial charge in [-0.2, -0.15) is 0 Å². The summed E-state index contributed by atoms with van der Waals surface area (Å²) in [5, 5.41) is 7.04. The first kappa shape index (κ1) is 18.5. The van der Waals surface area contributed by atoms with Gasteiger partial charge in [-0.25, -0.2) is 9.78 Å². The average Bonchev–Trinajstić information content (AvgIpc) is 3.39. The maximum atomic E-state index is 12.7. The number of H-pyrrole nitrogens is 1. The molecule has 1 aromatic carbocycles. The van der Waals surface area contributed by atoms with Crippen molar-refractivity contribution in [2.75, 3.05) is 13.1 Å². The summed E-state index contributed by atoms with van der Waals surface area (Å²) in [6, 6.07) is 6.11. The molecule has 1 atom stereocenters. The Labute approximate surface area is 164 Å². The first-order chi connectivity index (χ1) is 13.5. The Morgan fingerprint density at radius 1 is 1.36 bits per heavy atom. The van der Waals surface area contributed by atoms with Gasteiger partial charge in [0.1, 0.15) is 11.6 Å². The molecular weight excluding hydrogens is 354 g/mol. The zero-order valence-electron chi connectivity index (χ0n) is 16.7. The van der Waals surface area contributed by atoms with Gasteiger partial charge in [0.05, 0.1) is 22.8 Å². The van der Waals surface area contributed by atoms with Crippen LogP contribution in [0.1, 0.15) is 53.7 Å². The quantitative estimate of drug-likeness (QED) is 0.655. The van der Waals surface area contributed by atoms with Crippen LogP contribution in [0.4, 0.5) is 4.79 Å². The highest BCUT2D eigenvalue weighted by Gasteiger charge is 2.32. The Hall–Kier alpha value is -2.83. The lowest BCUT2D eigenvalue weighted by Gasteiger charge is -2.23. The van der Waals surface area contributed by atoms with Gasteiger partial charge in [0.2, 0.25) is 0 Å². The number of carbonyl (C=O) groups excluding carboxylic acids is 1. The summed E-state index contributed by atoms with van der Waals surface area (Å²) in [7, 11) is 0. The number of aromatic amines is 1. The number of amides is 2. The van der Waals surface area contributed by atoms with Gasteiger partial charge in [-0.1, -0.05) is 17.3 Å². The lowest BCUT2D eigenvalue weighted by molar-refractivity contribution is 0.191. The smallest absolute Gasteiger partial charge is 0.318 e. The van der Waals surface area contributed by atoms with Crippen LogP contribution in [-0.4, -0.2) is 39.1 Å². The van der Waals surface area contributed by atoms with E-state index in [1.165, 1.54) is 0 Å². The molecule has 1 aliphatic heterocycles. The molecule has 7 heteroatoms. The van der Waals surface area contributed by atoms with Crippen molar-refractivity contribution in [2.24, 2.45) is 0 Å². The molecular formula is C21H27N5O2. The van der Waals surface area contributed by atoms with Gasteiger partial charge in [0, 0.05) is 18.7 Å².